The smallest absolute Gasteiger partial charge is 0.325 e. The van der Waals surface area contributed by atoms with Crippen LogP contribution in [0.25, 0.3) is 10.4 Å². The molecule has 0 aromatic heterocycles. The highest BCUT2D eigenvalue weighted by atomic mass is 16.4. The molecule has 0 fully saturated rings. The SMILES string of the molecule is [N-]=[N+]=NCCCNC(C(=O)O)c1ccccc1O. The maximum absolute atomic E-state index is 11.1. The number of phenols is 1. The molecule has 0 saturated carbocycles. The van der Waals surface area contributed by atoms with Gasteiger partial charge >= 0.3 is 5.97 Å². The quantitative estimate of drug-likeness (QED) is 0.296. The van der Waals surface area contributed by atoms with Crippen LogP contribution < -0.4 is 5.32 Å². The van der Waals surface area contributed by atoms with Crippen molar-refractivity contribution in [3.8, 4) is 5.75 Å². The average Bonchev–Trinajstić information content (AvgIpc) is 2.35. The zero-order chi connectivity index (χ0) is 13.4. The van der Waals surface area contributed by atoms with E-state index in [1.807, 2.05) is 0 Å². The van der Waals surface area contributed by atoms with E-state index in [0.29, 0.717) is 25.1 Å². The van der Waals surface area contributed by atoms with Crippen molar-refractivity contribution < 1.29 is 15.0 Å². The fraction of sp³-hybridized carbons (Fsp3) is 0.364. The monoisotopic (exact) mass is 250 g/mol. The number of aliphatic carboxylic acids is 1. The van der Waals surface area contributed by atoms with Gasteiger partial charge in [-0.15, -0.1) is 0 Å². The normalized spacial score (nSPS) is 11.6. The number of carboxylic acid groups (broad SMARTS) is 1. The summed E-state index contributed by atoms with van der Waals surface area (Å²) in [6.45, 7) is 0.681. The van der Waals surface area contributed by atoms with Crippen molar-refractivity contribution in [2.45, 2.75) is 12.5 Å². The number of phenolic OH excluding ortho intramolecular Hbond substituents is 1. The number of benzene rings is 1. The molecule has 0 spiro atoms. The van der Waals surface area contributed by atoms with Crippen molar-refractivity contribution in [2.75, 3.05) is 13.1 Å². The molecule has 0 radical (unpaired) electrons. The van der Waals surface area contributed by atoms with Crippen LogP contribution in [0, 0.1) is 0 Å². The van der Waals surface area contributed by atoms with E-state index in [1.165, 1.54) is 6.07 Å². The summed E-state index contributed by atoms with van der Waals surface area (Å²) in [5.41, 5.74) is 8.40. The number of aromatic hydroxyl groups is 1. The van der Waals surface area contributed by atoms with Crippen molar-refractivity contribution in [2.24, 2.45) is 5.11 Å². The maximum atomic E-state index is 11.1. The Labute approximate surface area is 104 Å². The molecule has 96 valence electrons. The molecule has 1 atom stereocenters. The van der Waals surface area contributed by atoms with E-state index in [2.05, 4.69) is 15.3 Å². The summed E-state index contributed by atoms with van der Waals surface area (Å²) in [5.74, 6) is -1.13. The first kappa shape index (κ1) is 13.8. The molecule has 1 aromatic carbocycles. The van der Waals surface area contributed by atoms with Crippen LogP contribution in [0.15, 0.2) is 29.4 Å². The number of hydrogen-bond donors (Lipinski definition) is 3. The van der Waals surface area contributed by atoms with Crippen LogP contribution in [0.2, 0.25) is 0 Å². The standard InChI is InChI=1S/C11H14N4O3/c12-15-14-7-3-6-13-10(11(17)18)8-4-1-2-5-9(8)16/h1-2,4-5,10,13,16H,3,6-7H2,(H,17,18). The van der Waals surface area contributed by atoms with Crippen molar-refractivity contribution in [1.29, 1.82) is 0 Å². The van der Waals surface area contributed by atoms with Gasteiger partial charge < -0.3 is 15.5 Å². The summed E-state index contributed by atoms with van der Waals surface area (Å²) >= 11 is 0. The summed E-state index contributed by atoms with van der Waals surface area (Å²) in [6, 6.07) is 5.30. The van der Waals surface area contributed by atoms with Gasteiger partial charge in [-0.2, -0.15) is 0 Å². The lowest BCUT2D eigenvalue weighted by molar-refractivity contribution is -0.139. The van der Waals surface area contributed by atoms with Crippen LogP contribution in [0.4, 0.5) is 0 Å². The van der Waals surface area contributed by atoms with Gasteiger partial charge in [0.25, 0.3) is 0 Å². The zero-order valence-electron chi connectivity index (χ0n) is 9.65. The first-order valence-corrected chi connectivity index (χ1v) is 5.41. The molecule has 0 bridgehead atoms. The number of nitrogens with zero attached hydrogens (tertiary/aromatic N) is 3. The Kier molecular flexibility index (Phi) is 5.50. The Hall–Kier alpha value is -2.24. The molecule has 18 heavy (non-hydrogen) atoms. The highest BCUT2D eigenvalue weighted by molar-refractivity contribution is 5.76. The van der Waals surface area contributed by atoms with Gasteiger partial charge in [-0.1, -0.05) is 23.3 Å². The van der Waals surface area contributed by atoms with Crippen LogP contribution in [0.3, 0.4) is 0 Å². The van der Waals surface area contributed by atoms with Gasteiger partial charge in [0.15, 0.2) is 0 Å². The molecule has 0 aliphatic heterocycles. The number of carbonyl (C=O) groups is 1. The molecule has 0 aliphatic carbocycles. The Morgan fingerprint density at radius 3 is 2.83 bits per heavy atom. The van der Waals surface area contributed by atoms with E-state index >= 15 is 0 Å². The number of para-hydroxylation sites is 1. The predicted molar refractivity (Wildman–Crippen MR) is 65.1 cm³/mol. The van der Waals surface area contributed by atoms with E-state index in [4.69, 9.17) is 10.6 Å². The lowest BCUT2D eigenvalue weighted by Gasteiger charge is -2.15. The minimum Gasteiger partial charge on any atom is -0.508 e. The van der Waals surface area contributed by atoms with E-state index < -0.39 is 12.0 Å². The fourth-order valence-corrected chi connectivity index (χ4v) is 1.50. The van der Waals surface area contributed by atoms with E-state index in [-0.39, 0.29) is 5.75 Å². The predicted octanol–water partition coefficient (Wildman–Crippen LogP) is 1.81. The second-order valence-electron chi connectivity index (χ2n) is 3.59. The zero-order valence-corrected chi connectivity index (χ0v) is 9.65. The molecule has 0 saturated heterocycles. The molecule has 7 nitrogen and oxygen atoms in total. The summed E-state index contributed by atoms with van der Waals surface area (Å²) < 4.78 is 0. The first-order chi connectivity index (χ1) is 8.66. The first-order valence-electron chi connectivity index (χ1n) is 5.41. The lowest BCUT2D eigenvalue weighted by atomic mass is 10.1. The van der Waals surface area contributed by atoms with Crippen molar-refractivity contribution in [3.63, 3.8) is 0 Å². The molecular formula is C11H14N4O3. The number of azide groups is 1. The van der Waals surface area contributed by atoms with Gasteiger partial charge in [0.1, 0.15) is 11.8 Å². The largest absolute Gasteiger partial charge is 0.508 e. The van der Waals surface area contributed by atoms with E-state index in [0.717, 1.165) is 0 Å². The van der Waals surface area contributed by atoms with Gasteiger partial charge in [-0.05, 0) is 24.6 Å². The molecule has 7 heteroatoms. The van der Waals surface area contributed by atoms with Crippen LogP contribution >= 0.6 is 0 Å². The van der Waals surface area contributed by atoms with Gasteiger partial charge in [-0.3, -0.25) is 4.79 Å². The van der Waals surface area contributed by atoms with Gasteiger partial charge in [0, 0.05) is 17.0 Å². The highest BCUT2D eigenvalue weighted by Crippen LogP contribution is 2.23. The number of nitrogens with one attached hydrogen (secondary N) is 1. The van der Waals surface area contributed by atoms with Crippen molar-refractivity contribution >= 4 is 5.97 Å². The highest BCUT2D eigenvalue weighted by Gasteiger charge is 2.21. The summed E-state index contributed by atoms with van der Waals surface area (Å²) in [6.07, 6.45) is 0.529. The molecular weight excluding hydrogens is 236 g/mol. The summed E-state index contributed by atoms with van der Waals surface area (Å²) in [7, 11) is 0. The van der Waals surface area contributed by atoms with Crippen molar-refractivity contribution in [1.82, 2.24) is 5.32 Å². The van der Waals surface area contributed by atoms with Crippen molar-refractivity contribution in [3.05, 3.63) is 40.3 Å². The molecule has 0 heterocycles. The summed E-state index contributed by atoms with van der Waals surface area (Å²) in [5, 5.41) is 24.8. The van der Waals surface area contributed by atoms with Gasteiger partial charge in [0.05, 0.1) is 0 Å². The number of rotatable bonds is 7. The third kappa shape index (κ3) is 3.97. The molecule has 0 amide bonds. The topological polar surface area (TPSA) is 118 Å². The van der Waals surface area contributed by atoms with E-state index in [1.54, 1.807) is 18.2 Å². The second kappa shape index (κ2) is 7.16. The summed E-state index contributed by atoms with van der Waals surface area (Å²) in [4.78, 5) is 13.7. The Balaban J connectivity index is 2.64. The van der Waals surface area contributed by atoms with Gasteiger partial charge in [-0.25, -0.2) is 0 Å². The Bertz CT molecular complexity index is 457. The van der Waals surface area contributed by atoms with Crippen LogP contribution in [0.5, 0.6) is 5.75 Å². The van der Waals surface area contributed by atoms with E-state index in [9.17, 15) is 9.90 Å². The molecule has 3 N–H and O–H groups in total. The van der Waals surface area contributed by atoms with Crippen LogP contribution in [-0.2, 0) is 4.79 Å². The Morgan fingerprint density at radius 2 is 2.22 bits per heavy atom. The van der Waals surface area contributed by atoms with Crippen LogP contribution in [0.1, 0.15) is 18.0 Å². The minimum atomic E-state index is -1.07. The fourth-order valence-electron chi connectivity index (χ4n) is 1.50. The van der Waals surface area contributed by atoms with Crippen LogP contribution in [-0.4, -0.2) is 29.3 Å². The lowest BCUT2D eigenvalue weighted by Crippen LogP contribution is -2.29. The Morgan fingerprint density at radius 1 is 1.50 bits per heavy atom. The molecule has 1 unspecified atom stereocenters. The third-order valence-electron chi connectivity index (χ3n) is 2.34. The third-order valence-corrected chi connectivity index (χ3v) is 2.34. The second-order valence-corrected chi connectivity index (χ2v) is 3.59. The molecule has 1 rings (SSSR count). The maximum Gasteiger partial charge on any atom is 0.325 e. The average molecular weight is 250 g/mol. The van der Waals surface area contributed by atoms with Gasteiger partial charge in [0.2, 0.25) is 0 Å². The number of carboxylic acids is 1. The molecule has 1 aromatic rings. The minimum absolute atomic E-state index is 0.0626. The number of hydrogen-bond acceptors (Lipinski definition) is 4. The molecule has 0 aliphatic rings.